The van der Waals surface area contributed by atoms with Crippen molar-refractivity contribution in [1.29, 1.82) is 0 Å². The zero-order chi connectivity index (χ0) is 12.8. The van der Waals surface area contributed by atoms with Crippen LogP contribution < -0.4 is 11.1 Å². The Bertz CT molecular complexity index is 389. The minimum absolute atomic E-state index is 0.318. The Morgan fingerprint density at radius 1 is 1.41 bits per heavy atom. The number of hydrogen-bond acceptors (Lipinski definition) is 2. The maximum Gasteiger partial charge on any atom is 0.248 e. The van der Waals surface area contributed by atoms with Gasteiger partial charge in [-0.15, -0.1) is 0 Å². The van der Waals surface area contributed by atoms with Gasteiger partial charge in [-0.2, -0.15) is 0 Å². The van der Waals surface area contributed by atoms with Crippen LogP contribution in [-0.2, 0) is 0 Å². The molecule has 1 rings (SSSR count). The van der Waals surface area contributed by atoms with Crippen molar-refractivity contribution in [2.24, 2.45) is 11.7 Å². The van der Waals surface area contributed by atoms with Crippen molar-refractivity contribution in [3.63, 3.8) is 0 Å². The Kier molecular flexibility index (Phi) is 4.94. The van der Waals surface area contributed by atoms with Crippen molar-refractivity contribution >= 4 is 11.6 Å². The van der Waals surface area contributed by atoms with Crippen LogP contribution in [0.2, 0.25) is 0 Å². The molecule has 94 valence electrons. The van der Waals surface area contributed by atoms with Crippen molar-refractivity contribution in [2.45, 2.75) is 26.7 Å². The number of nitrogens with two attached hydrogens (primary N) is 1. The average Bonchev–Trinajstić information content (AvgIpc) is 2.32. The average molecular weight is 238 g/mol. The van der Waals surface area contributed by atoms with E-state index in [-0.39, 0.29) is 5.82 Å². The van der Waals surface area contributed by atoms with E-state index in [9.17, 15) is 9.18 Å². The molecular weight excluding hydrogens is 219 g/mol. The van der Waals surface area contributed by atoms with E-state index in [1.165, 1.54) is 18.2 Å². The predicted molar refractivity (Wildman–Crippen MR) is 67.5 cm³/mol. The molecule has 0 heterocycles. The number of benzene rings is 1. The van der Waals surface area contributed by atoms with E-state index in [4.69, 9.17) is 5.73 Å². The number of anilines is 1. The quantitative estimate of drug-likeness (QED) is 0.800. The lowest BCUT2D eigenvalue weighted by atomic mass is 10.0. The summed E-state index contributed by atoms with van der Waals surface area (Å²) in [5, 5.41) is 3.03. The highest BCUT2D eigenvalue weighted by Gasteiger charge is 2.08. The maximum atomic E-state index is 13.5. The highest BCUT2D eigenvalue weighted by Crippen LogP contribution is 2.17. The van der Waals surface area contributed by atoms with E-state index >= 15 is 0 Å². The molecule has 3 nitrogen and oxygen atoms in total. The summed E-state index contributed by atoms with van der Waals surface area (Å²) in [6.07, 6.45) is 2.08. The normalized spacial score (nSPS) is 10.6. The Hall–Kier alpha value is -1.58. The van der Waals surface area contributed by atoms with Crippen LogP contribution in [-0.4, -0.2) is 12.5 Å². The number of nitrogens with one attached hydrogen (secondary N) is 1. The topological polar surface area (TPSA) is 55.1 Å². The summed E-state index contributed by atoms with van der Waals surface area (Å²) in [6.45, 7) is 4.91. The number of halogens is 1. The highest BCUT2D eigenvalue weighted by molar-refractivity contribution is 5.93. The first-order valence-electron chi connectivity index (χ1n) is 5.91. The van der Waals surface area contributed by atoms with Gasteiger partial charge >= 0.3 is 0 Å². The molecule has 1 amide bonds. The molecule has 1 aromatic carbocycles. The van der Waals surface area contributed by atoms with E-state index < -0.39 is 5.91 Å². The first kappa shape index (κ1) is 13.5. The van der Waals surface area contributed by atoms with Gasteiger partial charge in [0.2, 0.25) is 5.91 Å². The van der Waals surface area contributed by atoms with Gasteiger partial charge in [-0.05, 0) is 24.1 Å². The van der Waals surface area contributed by atoms with Gasteiger partial charge in [0.25, 0.3) is 0 Å². The van der Waals surface area contributed by atoms with Gasteiger partial charge in [-0.3, -0.25) is 4.79 Å². The molecule has 1 aromatic rings. The predicted octanol–water partition coefficient (Wildman–Crippen LogP) is 2.77. The molecular formula is C13H19FN2O. The van der Waals surface area contributed by atoms with Crippen LogP contribution in [0.5, 0.6) is 0 Å². The number of carbonyl (C=O) groups excluding carboxylic acids is 1. The zero-order valence-corrected chi connectivity index (χ0v) is 10.3. The van der Waals surface area contributed by atoms with Crippen molar-refractivity contribution < 1.29 is 9.18 Å². The molecule has 0 bridgehead atoms. The zero-order valence-electron chi connectivity index (χ0n) is 10.3. The number of hydrogen-bond donors (Lipinski definition) is 2. The van der Waals surface area contributed by atoms with Crippen LogP contribution in [0.15, 0.2) is 18.2 Å². The number of primary amides is 1. The monoisotopic (exact) mass is 238 g/mol. The molecule has 17 heavy (non-hydrogen) atoms. The van der Waals surface area contributed by atoms with Gasteiger partial charge in [-0.1, -0.05) is 26.7 Å². The summed E-state index contributed by atoms with van der Waals surface area (Å²) >= 11 is 0. The SMILES string of the molecule is CCC(CC)CNc1cc(C(N)=O)ccc1F. The van der Waals surface area contributed by atoms with E-state index in [0.29, 0.717) is 23.7 Å². The lowest BCUT2D eigenvalue weighted by Crippen LogP contribution is -2.15. The van der Waals surface area contributed by atoms with E-state index in [1.807, 2.05) is 0 Å². The lowest BCUT2D eigenvalue weighted by molar-refractivity contribution is 0.100. The molecule has 0 fully saturated rings. The van der Waals surface area contributed by atoms with Crippen molar-refractivity contribution in [3.05, 3.63) is 29.6 Å². The second-order valence-electron chi connectivity index (χ2n) is 4.12. The van der Waals surface area contributed by atoms with Gasteiger partial charge in [0.05, 0.1) is 5.69 Å². The molecule has 0 aliphatic rings. The summed E-state index contributed by atoms with van der Waals surface area (Å²) in [4.78, 5) is 11.0. The summed E-state index contributed by atoms with van der Waals surface area (Å²) in [6, 6.07) is 4.11. The van der Waals surface area contributed by atoms with Crippen molar-refractivity contribution in [2.75, 3.05) is 11.9 Å². The third-order valence-electron chi connectivity index (χ3n) is 2.99. The molecule has 0 radical (unpaired) electrons. The Balaban J connectivity index is 2.75. The fourth-order valence-corrected chi connectivity index (χ4v) is 1.65. The largest absolute Gasteiger partial charge is 0.382 e. The summed E-state index contributed by atoms with van der Waals surface area (Å²) in [5.41, 5.74) is 5.81. The third kappa shape index (κ3) is 3.73. The van der Waals surface area contributed by atoms with Gasteiger partial charge in [0.1, 0.15) is 5.82 Å². The molecule has 3 N–H and O–H groups in total. The Morgan fingerprint density at radius 3 is 2.59 bits per heavy atom. The molecule has 0 saturated carbocycles. The Labute approximate surface area is 101 Å². The summed E-state index contributed by atoms with van der Waals surface area (Å²) in [7, 11) is 0. The smallest absolute Gasteiger partial charge is 0.248 e. The molecule has 0 aliphatic carbocycles. The minimum atomic E-state index is -0.546. The van der Waals surface area contributed by atoms with Crippen LogP contribution >= 0.6 is 0 Å². The number of carbonyl (C=O) groups is 1. The molecule has 4 heteroatoms. The first-order chi connectivity index (χ1) is 8.08. The van der Waals surface area contributed by atoms with Gasteiger partial charge in [0, 0.05) is 12.1 Å². The summed E-state index contributed by atoms with van der Waals surface area (Å²) in [5.74, 6) is -0.400. The van der Waals surface area contributed by atoms with Crippen molar-refractivity contribution in [1.82, 2.24) is 0 Å². The van der Waals surface area contributed by atoms with Gasteiger partial charge in [0.15, 0.2) is 0 Å². The van der Waals surface area contributed by atoms with Crippen LogP contribution in [0.3, 0.4) is 0 Å². The number of amides is 1. The van der Waals surface area contributed by atoms with Gasteiger partial charge < -0.3 is 11.1 Å². The van der Waals surface area contributed by atoms with Gasteiger partial charge in [-0.25, -0.2) is 4.39 Å². The molecule has 0 aliphatic heterocycles. The molecule has 0 atom stereocenters. The second-order valence-corrected chi connectivity index (χ2v) is 4.12. The lowest BCUT2D eigenvalue weighted by Gasteiger charge is -2.15. The van der Waals surface area contributed by atoms with Crippen LogP contribution in [0, 0.1) is 11.7 Å². The van der Waals surface area contributed by atoms with Crippen molar-refractivity contribution in [3.8, 4) is 0 Å². The van der Waals surface area contributed by atoms with Crippen LogP contribution in [0.4, 0.5) is 10.1 Å². The van der Waals surface area contributed by atoms with Crippen LogP contribution in [0.25, 0.3) is 0 Å². The second kappa shape index (κ2) is 6.23. The summed E-state index contributed by atoms with van der Waals surface area (Å²) < 4.78 is 13.5. The first-order valence-corrected chi connectivity index (χ1v) is 5.91. The molecule has 0 aromatic heterocycles. The van der Waals surface area contributed by atoms with E-state index in [2.05, 4.69) is 19.2 Å². The molecule has 0 spiro atoms. The fourth-order valence-electron chi connectivity index (χ4n) is 1.65. The highest BCUT2D eigenvalue weighted by atomic mass is 19.1. The molecule has 0 saturated heterocycles. The minimum Gasteiger partial charge on any atom is -0.382 e. The standard InChI is InChI=1S/C13H19FN2O/c1-3-9(4-2)8-16-12-7-10(13(15)17)5-6-11(12)14/h5-7,9,16H,3-4,8H2,1-2H3,(H2,15,17). The van der Waals surface area contributed by atoms with Crippen LogP contribution in [0.1, 0.15) is 37.0 Å². The van der Waals surface area contributed by atoms with E-state index in [1.54, 1.807) is 0 Å². The van der Waals surface area contributed by atoms with E-state index in [0.717, 1.165) is 12.8 Å². The molecule has 0 unspecified atom stereocenters. The Morgan fingerprint density at radius 2 is 2.06 bits per heavy atom. The maximum absolute atomic E-state index is 13.5. The fraction of sp³-hybridized carbons (Fsp3) is 0.462. The number of rotatable bonds is 6. The third-order valence-corrected chi connectivity index (χ3v) is 2.99.